The predicted octanol–water partition coefficient (Wildman–Crippen LogP) is 0.383. The molecule has 0 aromatic heterocycles. The molecule has 2 fully saturated rings. The Hall–Kier alpha value is -0.830. The molecule has 0 aromatic carbocycles. The quantitative estimate of drug-likeness (QED) is 0.592. The Morgan fingerprint density at radius 2 is 2.38 bits per heavy atom. The summed E-state index contributed by atoms with van der Waals surface area (Å²) in [7, 11) is 0. The maximum absolute atomic E-state index is 11.6. The lowest BCUT2D eigenvalue weighted by Gasteiger charge is -2.21. The van der Waals surface area contributed by atoms with Gasteiger partial charge < -0.3 is 10.2 Å². The van der Waals surface area contributed by atoms with Gasteiger partial charge in [-0.2, -0.15) is 0 Å². The number of carbonyl (C=O) groups is 1. The van der Waals surface area contributed by atoms with Gasteiger partial charge in [0.1, 0.15) is 0 Å². The Labute approximate surface area is 78.8 Å². The van der Waals surface area contributed by atoms with Crippen molar-refractivity contribution in [2.24, 2.45) is 5.92 Å². The molecule has 2 rings (SSSR count). The fraction of sp³-hybridized carbons (Fsp3) is 0.700. The van der Waals surface area contributed by atoms with Gasteiger partial charge in [-0.25, -0.2) is 0 Å². The van der Waals surface area contributed by atoms with Crippen LogP contribution in [0.25, 0.3) is 0 Å². The van der Waals surface area contributed by atoms with Crippen molar-refractivity contribution in [2.75, 3.05) is 19.6 Å². The third-order valence-corrected chi connectivity index (χ3v) is 3.04. The Kier molecular flexibility index (Phi) is 2.36. The van der Waals surface area contributed by atoms with Crippen LogP contribution in [-0.4, -0.2) is 36.5 Å². The van der Waals surface area contributed by atoms with Crippen molar-refractivity contribution in [3.8, 4) is 0 Å². The fourth-order valence-corrected chi connectivity index (χ4v) is 2.36. The summed E-state index contributed by atoms with van der Waals surface area (Å²) in [5.41, 5.74) is 0. The van der Waals surface area contributed by atoms with Gasteiger partial charge in [-0.15, -0.1) is 0 Å². The van der Waals surface area contributed by atoms with Crippen molar-refractivity contribution in [1.82, 2.24) is 10.2 Å². The predicted molar refractivity (Wildman–Crippen MR) is 51.3 cm³/mol. The van der Waals surface area contributed by atoms with Crippen LogP contribution in [0.5, 0.6) is 0 Å². The van der Waals surface area contributed by atoms with Crippen LogP contribution in [0, 0.1) is 5.92 Å². The van der Waals surface area contributed by atoms with E-state index in [0.29, 0.717) is 12.0 Å². The Morgan fingerprint density at radius 3 is 3.15 bits per heavy atom. The minimum Gasteiger partial charge on any atom is -0.335 e. The van der Waals surface area contributed by atoms with Gasteiger partial charge in [0.05, 0.1) is 0 Å². The summed E-state index contributed by atoms with van der Waals surface area (Å²) in [6, 6.07) is 0.462. The first-order chi connectivity index (χ1) is 6.33. The van der Waals surface area contributed by atoms with Gasteiger partial charge in [-0.3, -0.25) is 4.79 Å². The first-order valence-corrected chi connectivity index (χ1v) is 4.97. The van der Waals surface area contributed by atoms with Crippen molar-refractivity contribution in [3.05, 3.63) is 12.2 Å². The first kappa shape index (κ1) is 8.75. The van der Waals surface area contributed by atoms with E-state index in [2.05, 4.69) is 5.32 Å². The van der Waals surface area contributed by atoms with Crippen LogP contribution in [0.4, 0.5) is 0 Å². The normalized spacial score (nSPS) is 32.8. The molecule has 1 amide bonds. The van der Waals surface area contributed by atoms with Gasteiger partial charge in [0.25, 0.3) is 0 Å². The van der Waals surface area contributed by atoms with Crippen LogP contribution >= 0.6 is 0 Å². The van der Waals surface area contributed by atoms with E-state index >= 15 is 0 Å². The highest BCUT2D eigenvalue weighted by Crippen LogP contribution is 2.27. The minimum absolute atomic E-state index is 0.179. The number of nitrogens with zero attached hydrogens (tertiary/aromatic N) is 1. The Balaban J connectivity index is 2.04. The molecule has 0 saturated carbocycles. The second-order valence-electron chi connectivity index (χ2n) is 3.81. The van der Waals surface area contributed by atoms with Crippen LogP contribution < -0.4 is 5.32 Å². The van der Waals surface area contributed by atoms with E-state index in [1.54, 1.807) is 6.08 Å². The zero-order valence-corrected chi connectivity index (χ0v) is 7.99. The fourth-order valence-electron chi connectivity index (χ4n) is 2.36. The lowest BCUT2D eigenvalue weighted by Crippen LogP contribution is -2.38. The molecule has 2 aliphatic rings. The summed E-state index contributed by atoms with van der Waals surface area (Å²) in [6.07, 6.45) is 4.65. The van der Waals surface area contributed by atoms with E-state index in [4.69, 9.17) is 0 Å². The summed E-state index contributed by atoms with van der Waals surface area (Å²) in [6.45, 7) is 4.90. The molecule has 0 spiro atoms. The van der Waals surface area contributed by atoms with E-state index in [9.17, 15) is 4.79 Å². The van der Waals surface area contributed by atoms with Crippen molar-refractivity contribution < 1.29 is 4.79 Å². The van der Waals surface area contributed by atoms with E-state index in [1.165, 1.54) is 6.42 Å². The van der Waals surface area contributed by atoms with Gasteiger partial charge in [-0.05, 0) is 25.3 Å². The topological polar surface area (TPSA) is 32.3 Å². The summed E-state index contributed by atoms with van der Waals surface area (Å²) in [5, 5.41) is 3.33. The minimum atomic E-state index is 0.179. The number of allylic oxidation sites excluding steroid dienone is 1. The van der Waals surface area contributed by atoms with Crippen LogP contribution in [0.15, 0.2) is 12.2 Å². The summed E-state index contributed by atoms with van der Waals surface area (Å²) >= 11 is 0. The number of fused-ring (bicyclic) bond motifs is 1. The number of nitrogens with one attached hydrogen (secondary N) is 1. The smallest absolute Gasteiger partial charge is 0.246 e. The highest BCUT2D eigenvalue weighted by atomic mass is 16.2. The van der Waals surface area contributed by atoms with E-state index in [-0.39, 0.29) is 5.91 Å². The molecule has 1 N–H and O–H groups in total. The third kappa shape index (κ3) is 1.48. The third-order valence-electron chi connectivity index (χ3n) is 3.04. The summed E-state index contributed by atoms with van der Waals surface area (Å²) in [5.74, 6) is 0.882. The number of amides is 1. The highest BCUT2D eigenvalue weighted by Gasteiger charge is 2.38. The van der Waals surface area contributed by atoms with Gasteiger partial charge in [-0.1, -0.05) is 6.08 Å². The molecular weight excluding hydrogens is 164 g/mol. The summed E-state index contributed by atoms with van der Waals surface area (Å²) < 4.78 is 0. The lowest BCUT2D eigenvalue weighted by atomic mass is 10.1. The molecule has 2 saturated heterocycles. The van der Waals surface area contributed by atoms with Crippen LogP contribution in [0.3, 0.4) is 0 Å². The molecule has 72 valence electrons. The second-order valence-corrected chi connectivity index (χ2v) is 3.81. The van der Waals surface area contributed by atoms with Crippen LogP contribution in [0.2, 0.25) is 0 Å². The van der Waals surface area contributed by atoms with Crippen molar-refractivity contribution in [1.29, 1.82) is 0 Å². The SMILES string of the molecule is C/C=C/C(=O)N1CC[C@@H]2CNC[C@@H]21. The molecule has 0 bridgehead atoms. The van der Waals surface area contributed by atoms with Crippen LogP contribution in [0.1, 0.15) is 13.3 Å². The molecule has 0 aromatic rings. The van der Waals surface area contributed by atoms with Gasteiger partial charge >= 0.3 is 0 Å². The monoisotopic (exact) mass is 180 g/mol. The maximum atomic E-state index is 11.6. The molecule has 0 unspecified atom stereocenters. The standard InChI is InChI=1S/C10H16N2O/c1-2-3-10(13)12-5-4-8-6-11-7-9(8)12/h2-3,8-9,11H,4-7H2,1H3/b3-2+/t8-,9+/m1/s1. The molecule has 2 atom stereocenters. The number of hydrogen-bond acceptors (Lipinski definition) is 2. The Morgan fingerprint density at radius 1 is 1.54 bits per heavy atom. The molecule has 2 aliphatic heterocycles. The molecule has 0 radical (unpaired) electrons. The number of hydrogen-bond donors (Lipinski definition) is 1. The van der Waals surface area contributed by atoms with Crippen molar-refractivity contribution in [3.63, 3.8) is 0 Å². The van der Waals surface area contributed by atoms with Gasteiger partial charge in [0.15, 0.2) is 0 Å². The highest BCUT2D eigenvalue weighted by molar-refractivity contribution is 5.88. The number of carbonyl (C=O) groups excluding carboxylic acids is 1. The van der Waals surface area contributed by atoms with Crippen LogP contribution in [-0.2, 0) is 4.79 Å². The molecule has 3 heteroatoms. The molecule has 3 nitrogen and oxygen atoms in total. The molecule has 2 heterocycles. The van der Waals surface area contributed by atoms with E-state index < -0.39 is 0 Å². The zero-order valence-electron chi connectivity index (χ0n) is 7.99. The second kappa shape index (κ2) is 3.50. The van der Waals surface area contributed by atoms with Gasteiger partial charge in [0.2, 0.25) is 5.91 Å². The first-order valence-electron chi connectivity index (χ1n) is 4.97. The molecule has 13 heavy (non-hydrogen) atoms. The lowest BCUT2D eigenvalue weighted by molar-refractivity contribution is -0.126. The zero-order chi connectivity index (χ0) is 9.26. The number of likely N-dealkylation sites (tertiary alicyclic amines) is 1. The Bertz CT molecular complexity index is 237. The maximum Gasteiger partial charge on any atom is 0.246 e. The molecular formula is C10H16N2O. The summed E-state index contributed by atoms with van der Waals surface area (Å²) in [4.78, 5) is 13.6. The average molecular weight is 180 g/mol. The number of rotatable bonds is 1. The van der Waals surface area contributed by atoms with Gasteiger partial charge in [0, 0.05) is 25.7 Å². The van der Waals surface area contributed by atoms with Crippen molar-refractivity contribution in [2.45, 2.75) is 19.4 Å². The average Bonchev–Trinajstić information content (AvgIpc) is 2.62. The van der Waals surface area contributed by atoms with E-state index in [0.717, 1.165) is 19.6 Å². The van der Waals surface area contributed by atoms with E-state index in [1.807, 2.05) is 17.9 Å². The molecule has 0 aliphatic carbocycles. The largest absolute Gasteiger partial charge is 0.335 e. The van der Waals surface area contributed by atoms with Crippen molar-refractivity contribution >= 4 is 5.91 Å².